The average Bonchev–Trinajstić information content (AvgIpc) is 3.11. The number of nitrogens with zero attached hydrogens (tertiary/aromatic N) is 1. The molecule has 2 unspecified atom stereocenters. The molecule has 2 saturated carbocycles. The van der Waals surface area contributed by atoms with Gasteiger partial charge >= 0.3 is 0 Å². The van der Waals surface area contributed by atoms with E-state index in [0.717, 1.165) is 18.6 Å². The molecule has 6 nitrogen and oxygen atoms in total. The summed E-state index contributed by atoms with van der Waals surface area (Å²) >= 11 is 0. The summed E-state index contributed by atoms with van der Waals surface area (Å²) in [5.41, 5.74) is 4.24. The predicted octanol–water partition coefficient (Wildman–Crippen LogP) is 4.78. The van der Waals surface area contributed by atoms with E-state index in [1.165, 1.54) is 24.6 Å². The Bertz CT molecular complexity index is 1080. The zero-order chi connectivity index (χ0) is 22.9. The Hall–Kier alpha value is -3.22. The van der Waals surface area contributed by atoms with Crippen molar-refractivity contribution >= 4 is 23.2 Å². The van der Waals surface area contributed by atoms with Crippen molar-refractivity contribution in [2.45, 2.75) is 40.0 Å². The molecule has 0 aliphatic heterocycles. The molecule has 2 aromatic rings. The maximum atomic E-state index is 13.7. The van der Waals surface area contributed by atoms with Crippen LogP contribution in [0.25, 0.3) is 0 Å². The number of hydrazone groups is 1. The van der Waals surface area contributed by atoms with Crippen molar-refractivity contribution in [1.29, 1.82) is 0 Å². The highest BCUT2D eigenvalue weighted by Gasteiger charge is 2.60. The van der Waals surface area contributed by atoms with Gasteiger partial charge in [-0.2, -0.15) is 5.10 Å². The minimum Gasteiger partial charge on any atom is -0.483 e. The van der Waals surface area contributed by atoms with E-state index in [0.29, 0.717) is 5.92 Å². The lowest BCUT2D eigenvalue weighted by molar-refractivity contribution is -0.118. The Morgan fingerprint density at radius 2 is 1.84 bits per heavy atom. The first-order valence-electron chi connectivity index (χ1n) is 10.9. The molecule has 4 rings (SSSR count). The van der Waals surface area contributed by atoms with Gasteiger partial charge in [0.2, 0.25) is 0 Å². The highest BCUT2D eigenvalue weighted by atomic mass is 19.1. The highest BCUT2D eigenvalue weighted by molar-refractivity contribution is 6.00. The first-order valence-corrected chi connectivity index (χ1v) is 10.9. The van der Waals surface area contributed by atoms with E-state index in [4.69, 9.17) is 4.74 Å². The van der Waals surface area contributed by atoms with E-state index in [1.807, 2.05) is 0 Å². The van der Waals surface area contributed by atoms with Crippen molar-refractivity contribution in [1.82, 2.24) is 5.43 Å². The Balaban J connectivity index is 1.41. The van der Waals surface area contributed by atoms with Crippen LogP contribution in [0.1, 0.15) is 50.4 Å². The lowest BCUT2D eigenvalue weighted by Crippen LogP contribution is -2.34. The van der Waals surface area contributed by atoms with E-state index in [1.54, 1.807) is 30.3 Å². The number of nitrogens with one attached hydrogen (secondary N) is 2. The summed E-state index contributed by atoms with van der Waals surface area (Å²) in [7, 11) is 0. The number of ether oxygens (including phenoxy) is 1. The molecule has 2 aromatic carbocycles. The number of hydrogen-bond donors (Lipinski definition) is 2. The summed E-state index contributed by atoms with van der Waals surface area (Å²) < 4.78 is 19.3. The molecule has 2 N–H and O–H groups in total. The van der Waals surface area contributed by atoms with Gasteiger partial charge in [-0.25, -0.2) is 9.82 Å². The Morgan fingerprint density at radius 1 is 1.12 bits per heavy atom. The fourth-order valence-electron chi connectivity index (χ4n) is 4.95. The fraction of sp³-hybridized carbons (Fsp3) is 0.400. The van der Waals surface area contributed by atoms with E-state index < -0.39 is 17.6 Å². The molecule has 2 aliphatic rings. The maximum Gasteiger partial charge on any atom is 0.275 e. The monoisotopic (exact) mass is 437 g/mol. The molecule has 2 aliphatic carbocycles. The van der Waals surface area contributed by atoms with Gasteiger partial charge in [-0.15, -0.1) is 0 Å². The van der Waals surface area contributed by atoms with E-state index in [-0.39, 0.29) is 34.4 Å². The van der Waals surface area contributed by atoms with Crippen LogP contribution >= 0.6 is 0 Å². The number of hydrogen-bond acceptors (Lipinski definition) is 4. The molecule has 2 fully saturated rings. The Morgan fingerprint density at radius 3 is 2.53 bits per heavy atom. The van der Waals surface area contributed by atoms with Crippen LogP contribution in [0, 0.1) is 22.6 Å². The third-order valence-electron chi connectivity index (χ3n) is 7.44. The largest absolute Gasteiger partial charge is 0.483 e. The van der Waals surface area contributed by atoms with E-state index in [2.05, 4.69) is 36.6 Å². The van der Waals surface area contributed by atoms with Crippen molar-refractivity contribution in [2.75, 3.05) is 11.9 Å². The normalized spacial score (nSPS) is 24.4. The molecule has 2 bridgehead atoms. The number of anilines is 1. The second-order valence-corrected chi connectivity index (χ2v) is 9.31. The predicted molar refractivity (Wildman–Crippen MR) is 121 cm³/mol. The first kappa shape index (κ1) is 22.0. The lowest BCUT2D eigenvalue weighted by Gasteiger charge is -2.34. The zero-order valence-electron chi connectivity index (χ0n) is 18.6. The number of amides is 2. The molecule has 0 aromatic heterocycles. The second-order valence-electron chi connectivity index (χ2n) is 9.31. The highest BCUT2D eigenvalue weighted by Crippen LogP contribution is 2.63. The van der Waals surface area contributed by atoms with Crippen LogP contribution in [0.3, 0.4) is 0 Å². The first-order chi connectivity index (χ1) is 15.2. The number of halogens is 1. The molecular weight excluding hydrogens is 409 g/mol. The lowest BCUT2D eigenvalue weighted by atomic mass is 9.70. The van der Waals surface area contributed by atoms with Gasteiger partial charge in [0, 0.05) is 11.1 Å². The molecule has 32 heavy (non-hydrogen) atoms. The molecule has 2 atom stereocenters. The standard InChI is InChI=1S/C25H28FN3O3/c1-24(2)16-12-13-25(24,3)21(14-16)28-29-23(31)17-8-4-7-11-20(17)32-15-22(30)27-19-10-6-5-9-18(19)26/h4-11,16H,12-15H2,1-3H3,(H,27,30)(H,29,31)/b28-21-. The van der Waals surface area contributed by atoms with Gasteiger partial charge in [0.1, 0.15) is 11.6 Å². The zero-order valence-corrected chi connectivity index (χ0v) is 18.6. The number of carbonyl (C=O) groups excluding carboxylic acids is 2. The van der Waals surface area contributed by atoms with Crippen molar-refractivity contribution in [3.8, 4) is 5.75 Å². The van der Waals surface area contributed by atoms with E-state index in [9.17, 15) is 14.0 Å². The van der Waals surface area contributed by atoms with Crippen molar-refractivity contribution in [3.05, 3.63) is 59.9 Å². The second kappa shape index (κ2) is 8.37. The summed E-state index contributed by atoms with van der Waals surface area (Å²) in [4.78, 5) is 25.0. The number of fused-ring (bicyclic) bond motifs is 2. The molecular formula is C25H28FN3O3. The topological polar surface area (TPSA) is 79.8 Å². The van der Waals surface area contributed by atoms with Crippen molar-refractivity contribution in [3.63, 3.8) is 0 Å². The summed E-state index contributed by atoms with van der Waals surface area (Å²) in [5.74, 6) is -0.605. The van der Waals surface area contributed by atoms with Gasteiger partial charge in [0.25, 0.3) is 11.8 Å². The maximum absolute atomic E-state index is 13.7. The van der Waals surface area contributed by atoms with Gasteiger partial charge in [0.05, 0.1) is 11.3 Å². The van der Waals surface area contributed by atoms with Crippen LogP contribution in [-0.2, 0) is 4.79 Å². The third-order valence-corrected chi connectivity index (χ3v) is 7.44. The third kappa shape index (κ3) is 3.87. The Labute approximate surface area is 187 Å². The number of rotatable bonds is 6. The van der Waals surface area contributed by atoms with Gasteiger partial charge in [0.15, 0.2) is 6.61 Å². The summed E-state index contributed by atoms with van der Waals surface area (Å²) in [6.07, 6.45) is 3.18. The number of carbonyl (C=O) groups is 2. The van der Waals surface area contributed by atoms with E-state index >= 15 is 0 Å². The van der Waals surface area contributed by atoms with Crippen molar-refractivity contribution < 1.29 is 18.7 Å². The van der Waals surface area contributed by atoms with Gasteiger partial charge in [-0.05, 0) is 54.9 Å². The van der Waals surface area contributed by atoms with Crippen LogP contribution in [0.5, 0.6) is 5.75 Å². The molecule has 168 valence electrons. The van der Waals surface area contributed by atoms with Crippen LogP contribution < -0.4 is 15.5 Å². The minimum atomic E-state index is -0.530. The summed E-state index contributed by atoms with van der Waals surface area (Å²) in [6.45, 7) is 6.44. The van der Waals surface area contributed by atoms with Crippen LogP contribution in [0.2, 0.25) is 0 Å². The quantitative estimate of drug-likeness (QED) is 0.639. The van der Waals surface area contributed by atoms with Gasteiger partial charge in [-0.1, -0.05) is 45.0 Å². The molecule has 7 heteroatoms. The molecule has 0 heterocycles. The van der Waals surface area contributed by atoms with Gasteiger partial charge < -0.3 is 10.1 Å². The molecule has 0 spiro atoms. The summed E-state index contributed by atoms with van der Waals surface area (Å²) in [6, 6.07) is 12.5. The van der Waals surface area contributed by atoms with Crippen molar-refractivity contribution in [2.24, 2.45) is 21.8 Å². The van der Waals surface area contributed by atoms with Crippen LogP contribution in [0.15, 0.2) is 53.6 Å². The minimum absolute atomic E-state index is 0.00817. The SMILES string of the molecule is CC12CCC(C/C1=N/NC(=O)c1ccccc1OCC(=O)Nc1ccccc1F)C2(C)C. The van der Waals surface area contributed by atoms with Crippen LogP contribution in [0.4, 0.5) is 10.1 Å². The smallest absolute Gasteiger partial charge is 0.275 e. The Kier molecular flexibility index (Phi) is 5.75. The average molecular weight is 438 g/mol. The molecule has 0 saturated heterocycles. The fourth-order valence-corrected chi connectivity index (χ4v) is 4.95. The molecule has 0 radical (unpaired) electrons. The number of benzene rings is 2. The van der Waals surface area contributed by atoms with Crippen LogP contribution in [-0.4, -0.2) is 24.1 Å². The molecule has 2 amide bonds. The summed E-state index contributed by atoms with van der Waals surface area (Å²) in [5, 5.41) is 6.95. The number of para-hydroxylation sites is 2. The van der Waals surface area contributed by atoms with Gasteiger partial charge in [-0.3, -0.25) is 9.59 Å².